The molecule has 2 aliphatic rings. The second kappa shape index (κ2) is 9.51. The van der Waals surface area contributed by atoms with Gasteiger partial charge in [0, 0.05) is 70.2 Å². The molecule has 166 valence electrons. The Morgan fingerprint density at radius 2 is 1.65 bits per heavy atom. The SMILES string of the molecule is CN1CCN(C(=O)C2CCN(C(=O)c3ccc(OCc4nccn4C)cc3)CC2)CC1. The maximum Gasteiger partial charge on any atom is 0.253 e. The van der Waals surface area contributed by atoms with Crippen LogP contribution in [0.5, 0.6) is 5.75 Å². The zero-order chi connectivity index (χ0) is 21.8. The van der Waals surface area contributed by atoms with Crippen LogP contribution in [0.2, 0.25) is 0 Å². The number of amides is 2. The van der Waals surface area contributed by atoms with E-state index in [1.54, 1.807) is 18.3 Å². The van der Waals surface area contributed by atoms with Crippen molar-refractivity contribution in [1.82, 2.24) is 24.3 Å². The number of benzene rings is 1. The zero-order valence-corrected chi connectivity index (χ0v) is 18.4. The van der Waals surface area contributed by atoms with Crippen LogP contribution < -0.4 is 4.74 Å². The highest BCUT2D eigenvalue weighted by atomic mass is 16.5. The van der Waals surface area contributed by atoms with Crippen molar-refractivity contribution in [3.8, 4) is 5.75 Å². The van der Waals surface area contributed by atoms with Crippen molar-refractivity contribution >= 4 is 11.8 Å². The first-order chi connectivity index (χ1) is 15.0. The molecule has 2 aromatic rings. The lowest BCUT2D eigenvalue weighted by molar-refractivity contribution is -0.138. The van der Waals surface area contributed by atoms with Gasteiger partial charge in [-0.05, 0) is 44.2 Å². The minimum absolute atomic E-state index is 0.0150. The number of aryl methyl sites for hydroxylation is 1. The van der Waals surface area contributed by atoms with Crippen molar-refractivity contribution in [2.24, 2.45) is 13.0 Å². The van der Waals surface area contributed by atoms with Gasteiger partial charge in [-0.1, -0.05) is 0 Å². The predicted molar refractivity (Wildman–Crippen MR) is 117 cm³/mol. The zero-order valence-electron chi connectivity index (χ0n) is 18.4. The van der Waals surface area contributed by atoms with E-state index >= 15 is 0 Å². The Kier molecular flexibility index (Phi) is 6.56. The molecular formula is C23H31N5O3. The molecule has 0 spiro atoms. The second-order valence-electron chi connectivity index (χ2n) is 8.46. The number of likely N-dealkylation sites (tertiary alicyclic amines) is 1. The van der Waals surface area contributed by atoms with Crippen molar-refractivity contribution in [1.29, 1.82) is 0 Å². The summed E-state index contributed by atoms with van der Waals surface area (Å²) >= 11 is 0. The maximum atomic E-state index is 12.9. The molecule has 3 heterocycles. The lowest BCUT2D eigenvalue weighted by Crippen LogP contribution is -2.51. The summed E-state index contributed by atoms with van der Waals surface area (Å²) in [5.41, 5.74) is 0.646. The van der Waals surface area contributed by atoms with E-state index in [9.17, 15) is 9.59 Å². The third-order valence-electron chi connectivity index (χ3n) is 6.34. The first kappa shape index (κ1) is 21.4. The largest absolute Gasteiger partial charge is 0.486 e. The molecule has 0 aliphatic carbocycles. The fourth-order valence-corrected chi connectivity index (χ4v) is 4.17. The van der Waals surface area contributed by atoms with Gasteiger partial charge < -0.3 is 24.0 Å². The number of carbonyl (C=O) groups is 2. The van der Waals surface area contributed by atoms with Gasteiger partial charge in [-0.2, -0.15) is 0 Å². The number of rotatable bonds is 5. The molecule has 0 atom stereocenters. The summed E-state index contributed by atoms with van der Waals surface area (Å²) in [7, 11) is 4.01. The normalized spacial score (nSPS) is 18.3. The predicted octanol–water partition coefficient (Wildman–Crippen LogP) is 1.63. The van der Waals surface area contributed by atoms with E-state index in [0.29, 0.717) is 31.0 Å². The number of piperazine rings is 1. The van der Waals surface area contributed by atoms with Crippen LogP contribution in [0.3, 0.4) is 0 Å². The number of aromatic nitrogens is 2. The number of hydrogen-bond acceptors (Lipinski definition) is 5. The van der Waals surface area contributed by atoms with Gasteiger partial charge in [-0.3, -0.25) is 9.59 Å². The Morgan fingerprint density at radius 3 is 2.26 bits per heavy atom. The van der Waals surface area contributed by atoms with Gasteiger partial charge >= 0.3 is 0 Å². The molecule has 0 N–H and O–H groups in total. The molecule has 2 saturated heterocycles. The molecule has 2 amide bonds. The fraction of sp³-hybridized carbons (Fsp3) is 0.522. The Balaban J connectivity index is 1.26. The van der Waals surface area contributed by atoms with E-state index < -0.39 is 0 Å². The third kappa shape index (κ3) is 5.07. The van der Waals surface area contributed by atoms with Gasteiger partial charge in [0.25, 0.3) is 5.91 Å². The van der Waals surface area contributed by atoms with Crippen LogP contribution in [0.4, 0.5) is 0 Å². The van der Waals surface area contributed by atoms with Crippen LogP contribution >= 0.6 is 0 Å². The summed E-state index contributed by atoms with van der Waals surface area (Å²) in [6.45, 7) is 5.12. The summed E-state index contributed by atoms with van der Waals surface area (Å²) in [6, 6.07) is 7.24. The first-order valence-electron chi connectivity index (χ1n) is 11.0. The molecule has 0 radical (unpaired) electrons. The Bertz CT molecular complexity index is 894. The molecule has 0 bridgehead atoms. The monoisotopic (exact) mass is 425 g/mol. The summed E-state index contributed by atoms with van der Waals surface area (Å²) in [6.07, 6.45) is 5.09. The number of ether oxygens (including phenoxy) is 1. The van der Waals surface area contributed by atoms with Gasteiger partial charge in [0.2, 0.25) is 5.91 Å². The Labute approximate surface area is 183 Å². The molecule has 2 aliphatic heterocycles. The Morgan fingerprint density at radius 1 is 0.968 bits per heavy atom. The number of likely N-dealkylation sites (N-methyl/N-ethyl adjacent to an activating group) is 1. The van der Waals surface area contributed by atoms with Crippen LogP contribution in [-0.2, 0) is 18.4 Å². The molecular weight excluding hydrogens is 394 g/mol. The minimum Gasteiger partial charge on any atom is -0.486 e. The summed E-state index contributed by atoms with van der Waals surface area (Å²) in [4.78, 5) is 36.0. The van der Waals surface area contributed by atoms with Crippen LogP contribution in [0.25, 0.3) is 0 Å². The lowest BCUT2D eigenvalue weighted by atomic mass is 9.94. The average Bonchev–Trinajstić information content (AvgIpc) is 3.22. The van der Waals surface area contributed by atoms with E-state index in [-0.39, 0.29) is 17.7 Å². The standard InChI is InChI=1S/C23H31N5O3/c1-25-13-15-28(16-14-25)23(30)19-7-10-27(11-8-19)22(29)18-3-5-20(6-4-18)31-17-21-24-9-12-26(21)2/h3-6,9,12,19H,7-8,10-11,13-17H2,1-2H3. The number of carbonyl (C=O) groups excluding carboxylic acids is 2. The molecule has 0 unspecified atom stereocenters. The molecule has 31 heavy (non-hydrogen) atoms. The summed E-state index contributed by atoms with van der Waals surface area (Å²) in [5, 5.41) is 0. The van der Waals surface area contributed by atoms with E-state index in [4.69, 9.17) is 4.74 Å². The molecule has 0 saturated carbocycles. The first-order valence-corrected chi connectivity index (χ1v) is 11.0. The highest BCUT2D eigenvalue weighted by molar-refractivity contribution is 5.94. The van der Waals surface area contributed by atoms with Crippen molar-refractivity contribution < 1.29 is 14.3 Å². The van der Waals surface area contributed by atoms with Gasteiger partial charge in [-0.15, -0.1) is 0 Å². The number of nitrogens with zero attached hydrogens (tertiary/aromatic N) is 5. The highest BCUT2D eigenvalue weighted by Gasteiger charge is 2.31. The van der Waals surface area contributed by atoms with E-state index in [2.05, 4.69) is 16.9 Å². The fourth-order valence-electron chi connectivity index (χ4n) is 4.17. The second-order valence-corrected chi connectivity index (χ2v) is 8.46. The molecule has 8 heteroatoms. The van der Waals surface area contributed by atoms with Crippen LogP contribution in [0.15, 0.2) is 36.7 Å². The Hall–Kier alpha value is -2.87. The molecule has 1 aromatic carbocycles. The summed E-state index contributed by atoms with van der Waals surface area (Å²) in [5.74, 6) is 1.86. The number of imidazole rings is 1. The van der Waals surface area contributed by atoms with Gasteiger partial charge in [0.15, 0.2) is 0 Å². The van der Waals surface area contributed by atoms with Crippen LogP contribution in [0, 0.1) is 5.92 Å². The molecule has 8 nitrogen and oxygen atoms in total. The van der Waals surface area contributed by atoms with Gasteiger partial charge in [0.1, 0.15) is 18.2 Å². The van der Waals surface area contributed by atoms with Gasteiger partial charge in [-0.25, -0.2) is 4.98 Å². The average molecular weight is 426 g/mol. The van der Waals surface area contributed by atoms with Crippen molar-refractivity contribution in [2.45, 2.75) is 19.4 Å². The molecule has 4 rings (SSSR count). The van der Waals surface area contributed by atoms with E-state index in [0.717, 1.165) is 44.8 Å². The topological polar surface area (TPSA) is 70.9 Å². The van der Waals surface area contributed by atoms with Crippen molar-refractivity contribution in [3.63, 3.8) is 0 Å². The number of hydrogen-bond donors (Lipinski definition) is 0. The van der Waals surface area contributed by atoms with Crippen LogP contribution in [0.1, 0.15) is 29.0 Å². The van der Waals surface area contributed by atoms with Crippen molar-refractivity contribution in [2.75, 3.05) is 46.3 Å². The highest BCUT2D eigenvalue weighted by Crippen LogP contribution is 2.23. The summed E-state index contributed by atoms with van der Waals surface area (Å²) < 4.78 is 7.68. The van der Waals surface area contributed by atoms with Gasteiger partial charge in [0.05, 0.1) is 0 Å². The smallest absolute Gasteiger partial charge is 0.253 e. The number of piperidine rings is 1. The van der Waals surface area contributed by atoms with E-state index in [1.165, 1.54) is 0 Å². The van der Waals surface area contributed by atoms with Crippen molar-refractivity contribution in [3.05, 3.63) is 48.0 Å². The maximum absolute atomic E-state index is 12.9. The quantitative estimate of drug-likeness (QED) is 0.728. The minimum atomic E-state index is 0.0150. The molecule has 1 aromatic heterocycles. The van der Waals surface area contributed by atoms with Crippen LogP contribution in [-0.4, -0.2) is 82.4 Å². The van der Waals surface area contributed by atoms with E-state index in [1.807, 2.05) is 39.7 Å². The lowest BCUT2D eigenvalue weighted by Gasteiger charge is -2.37. The third-order valence-corrected chi connectivity index (χ3v) is 6.34. The molecule has 2 fully saturated rings.